The van der Waals surface area contributed by atoms with Gasteiger partial charge in [-0.3, -0.25) is 0 Å². The summed E-state index contributed by atoms with van der Waals surface area (Å²) in [6, 6.07) is 9.28. The normalized spacial score (nSPS) is 25.4. The van der Waals surface area contributed by atoms with Gasteiger partial charge in [0.05, 0.1) is 0 Å². The minimum absolute atomic E-state index is 0.427. The molecule has 0 aromatic heterocycles. The summed E-state index contributed by atoms with van der Waals surface area (Å²) in [5.41, 5.74) is 9.43. The van der Waals surface area contributed by atoms with Crippen molar-refractivity contribution in [1.29, 1.82) is 0 Å². The quantitative estimate of drug-likeness (QED) is 0.838. The summed E-state index contributed by atoms with van der Waals surface area (Å²) in [4.78, 5) is 0. The molecule has 0 spiro atoms. The Morgan fingerprint density at radius 2 is 1.88 bits per heavy atom. The first kappa shape index (κ1) is 11.3. The van der Waals surface area contributed by atoms with Gasteiger partial charge >= 0.3 is 0 Å². The van der Waals surface area contributed by atoms with E-state index in [1.54, 1.807) is 11.1 Å². The van der Waals surface area contributed by atoms with Crippen LogP contribution in [0.3, 0.4) is 0 Å². The SMILES string of the molecule is NC(CC1CCCC1)CC1Cc2ccccc21. The molecular formula is C16H23N. The van der Waals surface area contributed by atoms with Crippen LogP contribution in [0.2, 0.25) is 0 Å². The Morgan fingerprint density at radius 3 is 2.65 bits per heavy atom. The third-order valence-corrected chi connectivity index (χ3v) is 4.66. The summed E-state index contributed by atoms with van der Waals surface area (Å²) < 4.78 is 0. The Kier molecular flexibility index (Phi) is 3.19. The van der Waals surface area contributed by atoms with Gasteiger partial charge in [-0.05, 0) is 42.2 Å². The van der Waals surface area contributed by atoms with Gasteiger partial charge in [-0.1, -0.05) is 49.9 Å². The maximum Gasteiger partial charge on any atom is 0.00474 e. The molecule has 0 heterocycles. The highest BCUT2D eigenvalue weighted by Crippen LogP contribution is 2.39. The number of hydrogen-bond acceptors (Lipinski definition) is 1. The predicted octanol–water partition coefficient (Wildman–Crippen LogP) is 3.62. The van der Waals surface area contributed by atoms with Gasteiger partial charge in [0.2, 0.25) is 0 Å². The van der Waals surface area contributed by atoms with E-state index in [0.717, 1.165) is 11.8 Å². The monoisotopic (exact) mass is 229 g/mol. The Balaban J connectivity index is 1.51. The van der Waals surface area contributed by atoms with Crippen LogP contribution in [-0.4, -0.2) is 6.04 Å². The van der Waals surface area contributed by atoms with E-state index in [1.807, 2.05) is 0 Å². The standard InChI is InChI=1S/C16H23N/c17-15(9-12-5-1-2-6-12)11-14-10-13-7-3-4-8-16(13)14/h3-4,7-8,12,14-15H,1-2,5-6,9-11,17H2. The molecule has 2 aliphatic rings. The van der Waals surface area contributed by atoms with Gasteiger partial charge in [0.15, 0.2) is 0 Å². The fraction of sp³-hybridized carbons (Fsp3) is 0.625. The first-order valence-electron chi connectivity index (χ1n) is 7.16. The molecule has 0 saturated heterocycles. The lowest BCUT2D eigenvalue weighted by Gasteiger charge is -2.32. The predicted molar refractivity (Wildman–Crippen MR) is 72.1 cm³/mol. The van der Waals surface area contributed by atoms with Crippen molar-refractivity contribution in [3.05, 3.63) is 35.4 Å². The van der Waals surface area contributed by atoms with Crippen molar-refractivity contribution in [3.8, 4) is 0 Å². The molecule has 1 saturated carbocycles. The van der Waals surface area contributed by atoms with Crippen molar-refractivity contribution in [2.24, 2.45) is 11.7 Å². The zero-order valence-electron chi connectivity index (χ0n) is 10.6. The highest BCUT2D eigenvalue weighted by molar-refractivity contribution is 5.39. The number of rotatable bonds is 4. The fourth-order valence-corrected chi connectivity index (χ4v) is 3.71. The summed E-state index contributed by atoms with van der Waals surface area (Å²) >= 11 is 0. The van der Waals surface area contributed by atoms with Crippen LogP contribution in [0.25, 0.3) is 0 Å². The average Bonchev–Trinajstić information content (AvgIpc) is 2.79. The zero-order chi connectivity index (χ0) is 11.7. The van der Waals surface area contributed by atoms with Crippen LogP contribution in [0.1, 0.15) is 55.6 Å². The van der Waals surface area contributed by atoms with Crippen LogP contribution in [0, 0.1) is 5.92 Å². The van der Waals surface area contributed by atoms with Crippen molar-refractivity contribution in [3.63, 3.8) is 0 Å². The molecule has 0 bridgehead atoms. The van der Waals surface area contributed by atoms with E-state index < -0.39 is 0 Å². The molecule has 2 N–H and O–H groups in total. The lowest BCUT2D eigenvalue weighted by atomic mass is 9.74. The van der Waals surface area contributed by atoms with Crippen LogP contribution in [0.15, 0.2) is 24.3 Å². The number of hydrogen-bond donors (Lipinski definition) is 1. The molecule has 92 valence electrons. The largest absolute Gasteiger partial charge is 0.328 e. The van der Waals surface area contributed by atoms with Crippen LogP contribution in [0.5, 0.6) is 0 Å². The van der Waals surface area contributed by atoms with Crippen LogP contribution in [0.4, 0.5) is 0 Å². The summed E-state index contributed by atoms with van der Waals surface area (Å²) in [5, 5.41) is 0. The molecule has 1 fully saturated rings. The fourth-order valence-electron chi connectivity index (χ4n) is 3.71. The molecule has 17 heavy (non-hydrogen) atoms. The Bertz CT molecular complexity index is 379. The number of benzene rings is 1. The summed E-state index contributed by atoms with van der Waals surface area (Å²) in [6.07, 6.45) is 9.44. The average molecular weight is 229 g/mol. The van der Waals surface area contributed by atoms with E-state index in [1.165, 1.54) is 44.9 Å². The molecular weight excluding hydrogens is 206 g/mol. The van der Waals surface area contributed by atoms with Crippen LogP contribution < -0.4 is 5.73 Å². The van der Waals surface area contributed by atoms with E-state index in [-0.39, 0.29) is 0 Å². The van der Waals surface area contributed by atoms with Gasteiger partial charge in [0.25, 0.3) is 0 Å². The minimum atomic E-state index is 0.427. The third-order valence-electron chi connectivity index (χ3n) is 4.66. The third kappa shape index (κ3) is 2.40. The molecule has 0 aliphatic heterocycles. The second-order valence-electron chi connectivity index (χ2n) is 5.98. The van der Waals surface area contributed by atoms with E-state index >= 15 is 0 Å². The minimum Gasteiger partial charge on any atom is -0.328 e. The Labute approximate surface area is 104 Å². The molecule has 0 radical (unpaired) electrons. The van der Waals surface area contributed by atoms with E-state index in [2.05, 4.69) is 24.3 Å². The number of fused-ring (bicyclic) bond motifs is 1. The van der Waals surface area contributed by atoms with Gasteiger partial charge in [0.1, 0.15) is 0 Å². The van der Waals surface area contributed by atoms with Gasteiger partial charge in [-0.25, -0.2) is 0 Å². The molecule has 1 aromatic rings. The maximum absolute atomic E-state index is 6.32. The highest BCUT2D eigenvalue weighted by Gasteiger charge is 2.28. The summed E-state index contributed by atoms with van der Waals surface area (Å²) in [6.45, 7) is 0. The van der Waals surface area contributed by atoms with Gasteiger partial charge < -0.3 is 5.73 Å². The second kappa shape index (κ2) is 4.81. The van der Waals surface area contributed by atoms with Gasteiger partial charge in [0, 0.05) is 6.04 Å². The molecule has 2 unspecified atom stereocenters. The van der Waals surface area contributed by atoms with Crippen LogP contribution >= 0.6 is 0 Å². The molecule has 1 heteroatoms. The first-order valence-corrected chi connectivity index (χ1v) is 7.16. The van der Waals surface area contributed by atoms with E-state index in [0.29, 0.717) is 6.04 Å². The summed E-state index contributed by atoms with van der Waals surface area (Å²) in [7, 11) is 0. The lowest BCUT2D eigenvalue weighted by molar-refractivity contribution is 0.393. The molecule has 3 rings (SSSR count). The molecule has 1 nitrogen and oxygen atoms in total. The smallest absolute Gasteiger partial charge is 0.00474 e. The summed E-state index contributed by atoms with van der Waals surface area (Å²) in [5.74, 6) is 1.68. The van der Waals surface area contributed by atoms with E-state index in [9.17, 15) is 0 Å². The van der Waals surface area contributed by atoms with Gasteiger partial charge in [-0.2, -0.15) is 0 Å². The van der Waals surface area contributed by atoms with Gasteiger partial charge in [-0.15, -0.1) is 0 Å². The van der Waals surface area contributed by atoms with Crippen molar-refractivity contribution < 1.29 is 0 Å². The Hall–Kier alpha value is -0.820. The molecule has 2 aliphatic carbocycles. The van der Waals surface area contributed by atoms with Crippen molar-refractivity contribution in [2.45, 2.75) is 56.9 Å². The highest BCUT2D eigenvalue weighted by atomic mass is 14.6. The zero-order valence-corrected chi connectivity index (χ0v) is 10.6. The topological polar surface area (TPSA) is 26.0 Å². The van der Waals surface area contributed by atoms with Crippen molar-refractivity contribution in [2.75, 3.05) is 0 Å². The van der Waals surface area contributed by atoms with Crippen molar-refractivity contribution >= 4 is 0 Å². The number of nitrogens with two attached hydrogens (primary N) is 1. The van der Waals surface area contributed by atoms with Crippen LogP contribution in [-0.2, 0) is 6.42 Å². The Morgan fingerprint density at radius 1 is 1.12 bits per heavy atom. The maximum atomic E-state index is 6.32. The second-order valence-corrected chi connectivity index (χ2v) is 5.98. The lowest BCUT2D eigenvalue weighted by Crippen LogP contribution is -2.29. The molecule has 1 aromatic carbocycles. The molecule has 2 atom stereocenters. The van der Waals surface area contributed by atoms with Crippen molar-refractivity contribution in [1.82, 2.24) is 0 Å². The van der Waals surface area contributed by atoms with E-state index in [4.69, 9.17) is 5.73 Å². The first-order chi connectivity index (χ1) is 8.33. The molecule has 0 amide bonds.